The molecule has 0 aliphatic heterocycles. The fraction of sp³-hybridized carbons (Fsp3) is 0.143. The van der Waals surface area contributed by atoms with Gasteiger partial charge >= 0.3 is 0 Å². The highest BCUT2D eigenvalue weighted by Crippen LogP contribution is 2.31. The second-order valence-electron chi connectivity index (χ2n) is 2.31. The molecule has 0 aliphatic rings. The summed E-state index contributed by atoms with van der Waals surface area (Å²) in [5, 5.41) is 0. The van der Waals surface area contributed by atoms with Gasteiger partial charge < -0.3 is 0 Å². The van der Waals surface area contributed by atoms with E-state index in [1.165, 1.54) is 12.1 Å². The van der Waals surface area contributed by atoms with Crippen LogP contribution in [-0.4, -0.2) is 8.42 Å². The Balaban J connectivity index is 3.17. The molecule has 0 heterocycles. The molecule has 0 N–H and O–H groups in total. The van der Waals surface area contributed by atoms with Crippen LogP contribution >= 0.6 is 26.6 Å². The van der Waals surface area contributed by atoms with E-state index in [-0.39, 0.29) is 5.56 Å². The van der Waals surface area contributed by atoms with Crippen LogP contribution in [-0.2, 0) is 9.05 Å². The van der Waals surface area contributed by atoms with Crippen molar-refractivity contribution in [2.75, 3.05) is 0 Å². The fourth-order valence-corrected chi connectivity index (χ4v) is 2.24. The second-order valence-corrected chi connectivity index (χ2v) is 5.82. The zero-order valence-corrected chi connectivity index (χ0v) is 9.40. The zero-order chi connectivity index (χ0) is 10.1. The molecule has 0 aliphatic carbocycles. The van der Waals surface area contributed by atoms with E-state index in [9.17, 15) is 12.8 Å². The van der Waals surface area contributed by atoms with Crippen molar-refractivity contribution >= 4 is 35.7 Å². The Kier molecular flexibility index (Phi) is 3.32. The molecule has 6 heteroatoms. The zero-order valence-electron chi connectivity index (χ0n) is 6.25. The minimum absolute atomic E-state index is 0.0116. The lowest BCUT2D eigenvalue weighted by Gasteiger charge is -2.05. The molecule has 0 bridgehead atoms. The van der Waals surface area contributed by atoms with Crippen LogP contribution in [0, 0.1) is 0 Å². The highest BCUT2D eigenvalue weighted by Gasteiger charge is 2.25. The number of halogens is 3. The predicted molar refractivity (Wildman–Crippen MR) is 52.8 cm³/mol. The van der Waals surface area contributed by atoms with Crippen LogP contribution in [0.5, 0.6) is 0 Å². The van der Waals surface area contributed by atoms with Crippen molar-refractivity contribution in [3.05, 3.63) is 34.3 Å². The van der Waals surface area contributed by atoms with E-state index in [0.717, 1.165) is 0 Å². The van der Waals surface area contributed by atoms with Gasteiger partial charge in [0, 0.05) is 20.7 Å². The summed E-state index contributed by atoms with van der Waals surface area (Å²) in [7, 11) is 0.664. The average Bonchev–Trinajstić information content (AvgIpc) is 2.02. The van der Waals surface area contributed by atoms with Crippen LogP contribution in [0.25, 0.3) is 0 Å². The molecule has 0 fully saturated rings. The molecule has 1 unspecified atom stereocenters. The minimum atomic E-state index is -4.20. The maximum Gasteiger partial charge on any atom is 0.269 e. The van der Waals surface area contributed by atoms with Crippen LogP contribution in [0.2, 0.25) is 0 Å². The van der Waals surface area contributed by atoms with Gasteiger partial charge in [-0.25, -0.2) is 12.8 Å². The maximum atomic E-state index is 13.2. The number of hydrogen-bond acceptors (Lipinski definition) is 2. The first-order valence-corrected chi connectivity index (χ1v) is 6.41. The molecule has 2 nitrogen and oxygen atoms in total. The van der Waals surface area contributed by atoms with Gasteiger partial charge in [-0.3, -0.25) is 0 Å². The van der Waals surface area contributed by atoms with Crippen LogP contribution in [0.1, 0.15) is 11.1 Å². The number of rotatable bonds is 2. The van der Waals surface area contributed by atoms with Gasteiger partial charge in [0.05, 0.1) is 0 Å². The lowest BCUT2D eigenvalue weighted by molar-refractivity contribution is 0.437. The number of alkyl halides is 1. The smallest absolute Gasteiger partial charge is 0.223 e. The summed E-state index contributed by atoms with van der Waals surface area (Å²) in [5.41, 5.74) is -2.18. The van der Waals surface area contributed by atoms with Crippen molar-refractivity contribution in [2.45, 2.75) is 5.50 Å². The first kappa shape index (κ1) is 10.9. The van der Waals surface area contributed by atoms with Gasteiger partial charge in [-0.05, 0) is 6.07 Å². The van der Waals surface area contributed by atoms with E-state index in [2.05, 4.69) is 15.9 Å². The summed E-state index contributed by atoms with van der Waals surface area (Å²) in [6.07, 6.45) is 0. The molecule has 0 saturated carbocycles. The third-order valence-electron chi connectivity index (χ3n) is 1.40. The molecule has 1 rings (SSSR count). The van der Waals surface area contributed by atoms with Gasteiger partial charge in [0.15, 0.2) is 0 Å². The largest absolute Gasteiger partial charge is 0.269 e. The van der Waals surface area contributed by atoms with E-state index in [0.29, 0.717) is 4.47 Å². The highest BCUT2D eigenvalue weighted by molar-refractivity contribution is 9.10. The summed E-state index contributed by atoms with van der Waals surface area (Å²) in [4.78, 5) is 0. The van der Waals surface area contributed by atoms with Gasteiger partial charge in [-0.1, -0.05) is 34.1 Å². The van der Waals surface area contributed by atoms with Crippen LogP contribution in [0.4, 0.5) is 4.39 Å². The molecular weight excluding hydrogens is 282 g/mol. The molecule has 0 amide bonds. The van der Waals surface area contributed by atoms with Crippen molar-refractivity contribution in [1.29, 1.82) is 0 Å². The third-order valence-corrected chi connectivity index (χ3v) is 3.34. The summed E-state index contributed by atoms with van der Waals surface area (Å²) in [6.45, 7) is 0. The first-order chi connectivity index (χ1) is 5.93. The van der Waals surface area contributed by atoms with Crippen molar-refractivity contribution in [3.8, 4) is 0 Å². The topological polar surface area (TPSA) is 34.1 Å². The Morgan fingerprint density at radius 3 is 2.38 bits per heavy atom. The van der Waals surface area contributed by atoms with E-state index < -0.39 is 14.6 Å². The Hall–Kier alpha value is -0.130. The van der Waals surface area contributed by atoms with Crippen LogP contribution < -0.4 is 0 Å². The molecule has 1 aromatic rings. The summed E-state index contributed by atoms with van der Waals surface area (Å²) >= 11 is 3.03. The summed E-state index contributed by atoms with van der Waals surface area (Å²) < 4.78 is 34.8. The lowest BCUT2D eigenvalue weighted by atomic mass is 10.2. The first-order valence-electron chi connectivity index (χ1n) is 3.25. The van der Waals surface area contributed by atoms with Crippen molar-refractivity contribution in [3.63, 3.8) is 0 Å². The Bertz CT molecular complexity index is 407. The minimum Gasteiger partial charge on any atom is -0.223 e. The third kappa shape index (κ3) is 2.65. The van der Waals surface area contributed by atoms with Crippen LogP contribution in [0.3, 0.4) is 0 Å². The normalized spacial score (nSPS) is 14.1. The summed E-state index contributed by atoms with van der Waals surface area (Å²) in [6, 6.07) is 6.09. The Labute approximate surface area is 88.3 Å². The quantitative estimate of drug-likeness (QED) is 0.784. The van der Waals surface area contributed by atoms with E-state index in [1.807, 2.05) is 0 Å². The SMILES string of the molecule is O=S(=O)(Cl)C(F)c1ccccc1Br. The van der Waals surface area contributed by atoms with E-state index in [1.54, 1.807) is 12.1 Å². The standard InChI is InChI=1S/C7H5BrClFO2S/c8-6-4-2-1-3-5(6)7(10)13(9,11)12/h1-4,7H. The summed E-state index contributed by atoms with van der Waals surface area (Å²) in [5.74, 6) is 0. The lowest BCUT2D eigenvalue weighted by Crippen LogP contribution is -2.01. The molecule has 1 atom stereocenters. The number of hydrogen-bond donors (Lipinski definition) is 0. The predicted octanol–water partition coefficient (Wildman–Crippen LogP) is 2.99. The monoisotopic (exact) mass is 286 g/mol. The van der Waals surface area contributed by atoms with Crippen molar-refractivity contribution < 1.29 is 12.8 Å². The van der Waals surface area contributed by atoms with Gasteiger partial charge in [0.1, 0.15) is 0 Å². The molecule has 72 valence electrons. The fourth-order valence-electron chi connectivity index (χ4n) is 0.811. The van der Waals surface area contributed by atoms with Gasteiger partial charge in [0.2, 0.25) is 5.50 Å². The molecule has 0 aromatic heterocycles. The average molecular weight is 288 g/mol. The van der Waals surface area contributed by atoms with Crippen molar-refractivity contribution in [1.82, 2.24) is 0 Å². The maximum absolute atomic E-state index is 13.2. The van der Waals surface area contributed by atoms with Gasteiger partial charge in [0.25, 0.3) is 9.05 Å². The van der Waals surface area contributed by atoms with Crippen LogP contribution in [0.15, 0.2) is 28.7 Å². The Morgan fingerprint density at radius 1 is 1.38 bits per heavy atom. The number of benzene rings is 1. The van der Waals surface area contributed by atoms with E-state index in [4.69, 9.17) is 10.7 Å². The Morgan fingerprint density at radius 2 is 1.92 bits per heavy atom. The molecular formula is C7H5BrClFO2S. The highest BCUT2D eigenvalue weighted by atomic mass is 79.9. The molecule has 0 spiro atoms. The van der Waals surface area contributed by atoms with Gasteiger partial charge in [-0.15, -0.1) is 0 Å². The molecule has 0 radical (unpaired) electrons. The molecule has 0 saturated heterocycles. The molecule has 13 heavy (non-hydrogen) atoms. The molecule has 1 aromatic carbocycles. The van der Waals surface area contributed by atoms with E-state index >= 15 is 0 Å². The van der Waals surface area contributed by atoms with Gasteiger partial charge in [-0.2, -0.15) is 0 Å². The van der Waals surface area contributed by atoms with Crippen molar-refractivity contribution in [2.24, 2.45) is 0 Å². The second kappa shape index (κ2) is 3.94.